The van der Waals surface area contributed by atoms with Crippen LogP contribution in [0.3, 0.4) is 0 Å². The van der Waals surface area contributed by atoms with Crippen molar-refractivity contribution in [2.45, 2.75) is 0 Å². The quantitative estimate of drug-likeness (QED) is 0.704. The van der Waals surface area contributed by atoms with Gasteiger partial charge in [0.05, 0.1) is 14.2 Å². The van der Waals surface area contributed by atoms with E-state index in [2.05, 4.69) is 35.7 Å². The lowest BCUT2D eigenvalue weighted by molar-refractivity contribution is 0.415. The van der Waals surface area contributed by atoms with E-state index in [0.29, 0.717) is 0 Å². The Morgan fingerprint density at radius 3 is 2.62 bits per heavy atom. The molecule has 3 aromatic rings. The Morgan fingerprint density at radius 2 is 1.81 bits per heavy atom. The first-order valence-electron chi connectivity index (χ1n) is 6.86. The highest BCUT2D eigenvalue weighted by Gasteiger charge is 2.16. The van der Waals surface area contributed by atoms with Gasteiger partial charge in [-0.25, -0.2) is 0 Å². The summed E-state index contributed by atoms with van der Waals surface area (Å²) in [6.07, 6.45) is 4.06. The van der Waals surface area contributed by atoms with E-state index in [1.54, 1.807) is 14.2 Å². The van der Waals surface area contributed by atoms with E-state index >= 15 is 0 Å². The summed E-state index contributed by atoms with van der Waals surface area (Å²) in [5, 5.41) is 7.95. The normalized spacial score (nSPS) is 12.5. The Labute approximate surface area is 122 Å². The predicted octanol–water partition coefficient (Wildman–Crippen LogP) is 4.41. The Balaban J connectivity index is 2.25. The maximum Gasteiger partial charge on any atom is 0.127 e. The van der Waals surface area contributed by atoms with Crippen molar-refractivity contribution in [2.75, 3.05) is 19.5 Å². The third-order valence-electron chi connectivity index (χ3n) is 4.02. The molecule has 104 valence electrons. The molecule has 21 heavy (non-hydrogen) atoms. The van der Waals surface area contributed by atoms with Gasteiger partial charge >= 0.3 is 0 Å². The van der Waals surface area contributed by atoms with Gasteiger partial charge in [-0.3, -0.25) is 0 Å². The van der Waals surface area contributed by atoms with E-state index in [-0.39, 0.29) is 0 Å². The van der Waals surface area contributed by atoms with E-state index in [0.717, 1.165) is 33.3 Å². The second kappa shape index (κ2) is 4.42. The number of hydrogen-bond donors (Lipinski definition) is 1. The number of benzene rings is 3. The van der Waals surface area contributed by atoms with Crippen molar-refractivity contribution < 1.29 is 9.47 Å². The Hall–Kier alpha value is -2.68. The summed E-state index contributed by atoms with van der Waals surface area (Å²) in [6, 6.07) is 12.4. The fraction of sp³-hybridized carbons (Fsp3) is 0.111. The first-order valence-corrected chi connectivity index (χ1v) is 6.86. The molecule has 0 aromatic heterocycles. The van der Waals surface area contributed by atoms with Crippen molar-refractivity contribution in [2.24, 2.45) is 0 Å². The second-order valence-electron chi connectivity index (χ2n) is 5.10. The fourth-order valence-corrected chi connectivity index (χ4v) is 3.03. The van der Waals surface area contributed by atoms with Gasteiger partial charge in [-0.15, -0.1) is 0 Å². The number of ether oxygens (including phenoxy) is 2. The van der Waals surface area contributed by atoms with Gasteiger partial charge in [-0.05, 0) is 46.7 Å². The van der Waals surface area contributed by atoms with Crippen LogP contribution < -0.4 is 14.8 Å². The van der Waals surface area contributed by atoms with Gasteiger partial charge in [0.1, 0.15) is 11.5 Å². The van der Waals surface area contributed by atoms with E-state index in [1.807, 2.05) is 18.3 Å². The first-order chi connectivity index (χ1) is 10.3. The van der Waals surface area contributed by atoms with Gasteiger partial charge in [0.15, 0.2) is 0 Å². The summed E-state index contributed by atoms with van der Waals surface area (Å²) < 4.78 is 11.0. The minimum Gasteiger partial charge on any atom is -0.497 e. The second-order valence-corrected chi connectivity index (χ2v) is 5.10. The maximum absolute atomic E-state index is 5.59. The summed E-state index contributed by atoms with van der Waals surface area (Å²) in [7, 11) is 3.40. The summed E-state index contributed by atoms with van der Waals surface area (Å²) in [4.78, 5) is 0. The molecule has 4 rings (SSSR count). The number of nitrogens with one attached hydrogen (secondary N) is 1. The highest BCUT2D eigenvalue weighted by Crippen LogP contribution is 2.42. The number of methoxy groups -OCH3 is 2. The van der Waals surface area contributed by atoms with Crippen molar-refractivity contribution in [3.63, 3.8) is 0 Å². The van der Waals surface area contributed by atoms with Crippen LogP contribution >= 0.6 is 0 Å². The van der Waals surface area contributed by atoms with Gasteiger partial charge in [-0.2, -0.15) is 0 Å². The number of rotatable bonds is 2. The van der Waals surface area contributed by atoms with Crippen LogP contribution in [0.5, 0.6) is 11.5 Å². The average Bonchev–Trinajstić information content (AvgIpc) is 2.55. The maximum atomic E-state index is 5.59. The molecule has 0 unspecified atom stereocenters. The monoisotopic (exact) mass is 277 g/mol. The molecule has 1 aliphatic rings. The molecule has 3 nitrogen and oxygen atoms in total. The molecule has 0 saturated carbocycles. The van der Waals surface area contributed by atoms with Crippen LogP contribution in [-0.2, 0) is 0 Å². The molecule has 1 heterocycles. The molecule has 3 heteroatoms. The van der Waals surface area contributed by atoms with Crippen molar-refractivity contribution in [3.05, 3.63) is 48.2 Å². The third kappa shape index (κ3) is 1.67. The molecule has 0 aliphatic carbocycles. The van der Waals surface area contributed by atoms with Gasteiger partial charge in [-0.1, -0.05) is 12.1 Å². The molecule has 0 atom stereocenters. The van der Waals surface area contributed by atoms with Crippen LogP contribution in [-0.4, -0.2) is 14.2 Å². The van der Waals surface area contributed by atoms with Crippen LogP contribution in [0.15, 0.2) is 42.6 Å². The summed E-state index contributed by atoms with van der Waals surface area (Å²) >= 11 is 0. The minimum atomic E-state index is 0.851. The van der Waals surface area contributed by atoms with Crippen molar-refractivity contribution in [1.29, 1.82) is 0 Å². The Bertz CT molecular complexity index is 897. The van der Waals surface area contributed by atoms with Gasteiger partial charge in [0.25, 0.3) is 0 Å². The highest BCUT2D eigenvalue weighted by molar-refractivity contribution is 6.19. The average molecular weight is 277 g/mol. The molecule has 0 radical (unpaired) electrons. The van der Waals surface area contributed by atoms with Gasteiger partial charge in [0, 0.05) is 22.7 Å². The standard InChI is InChI=1S/C18H15NO2/c1-20-13-5-3-12-9-15-17-11(7-8-19-15)4-6-16(21-2)18(17)14(12)10-13/h3-10,19H,1-2H3. The SMILES string of the molecule is COc1ccc2cc3c4c(ccc(OC)c4c2c1)C=CN3. The molecule has 1 N–H and O–H groups in total. The zero-order valence-corrected chi connectivity index (χ0v) is 11.9. The topological polar surface area (TPSA) is 30.5 Å². The summed E-state index contributed by atoms with van der Waals surface area (Å²) in [5.41, 5.74) is 2.31. The van der Waals surface area contributed by atoms with Crippen molar-refractivity contribution in [3.8, 4) is 11.5 Å². The van der Waals surface area contributed by atoms with Crippen LogP contribution in [0.4, 0.5) is 5.69 Å². The molecular formula is C18H15NO2. The fourth-order valence-electron chi connectivity index (χ4n) is 3.03. The molecule has 1 aliphatic heterocycles. The van der Waals surface area contributed by atoms with Crippen LogP contribution in [0.2, 0.25) is 0 Å². The summed E-state index contributed by atoms with van der Waals surface area (Å²) in [5.74, 6) is 1.73. The minimum absolute atomic E-state index is 0.851. The van der Waals surface area contributed by atoms with Crippen molar-refractivity contribution >= 4 is 33.3 Å². The van der Waals surface area contributed by atoms with E-state index in [4.69, 9.17) is 9.47 Å². The van der Waals surface area contributed by atoms with Crippen LogP contribution in [0, 0.1) is 0 Å². The molecule has 0 spiro atoms. The molecular weight excluding hydrogens is 262 g/mol. The van der Waals surface area contributed by atoms with Gasteiger partial charge < -0.3 is 14.8 Å². The van der Waals surface area contributed by atoms with E-state index in [1.165, 1.54) is 10.9 Å². The Morgan fingerprint density at radius 1 is 0.905 bits per heavy atom. The van der Waals surface area contributed by atoms with Crippen molar-refractivity contribution in [1.82, 2.24) is 0 Å². The van der Waals surface area contributed by atoms with E-state index < -0.39 is 0 Å². The lowest BCUT2D eigenvalue weighted by Crippen LogP contribution is -1.98. The molecule has 0 fully saturated rings. The largest absolute Gasteiger partial charge is 0.497 e. The summed E-state index contributed by atoms with van der Waals surface area (Å²) in [6.45, 7) is 0. The van der Waals surface area contributed by atoms with Crippen LogP contribution in [0.25, 0.3) is 27.6 Å². The smallest absolute Gasteiger partial charge is 0.127 e. The molecule has 0 saturated heterocycles. The number of fused-ring (bicyclic) bond motifs is 2. The number of anilines is 1. The molecule has 0 bridgehead atoms. The third-order valence-corrected chi connectivity index (χ3v) is 4.02. The van der Waals surface area contributed by atoms with Crippen LogP contribution in [0.1, 0.15) is 5.56 Å². The lowest BCUT2D eigenvalue weighted by atomic mass is 9.94. The molecule has 0 amide bonds. The first kappa shape index (κ1) is 12.1. The predicted molar refractivity (Wildman–Crippen MR) is 87.2 cm³/mol. The zero-order chi connectivity index (χ0) is 14.4. The highest BCUT2D eigenvalue weighted by atomic mass is 16.5. The Kier molecular flexibility index (Phi) is 2.54. The zero-order valence-electron chi connectivity index (χ0n) is 11.9. The van der Waals surface area contributed by atoms with E-state index in [9.17, 15) is 0 Å². The molecule has 3 aromatic carbocycles. The van der Waals surface area contributed by atoms with Gasteiger partial charge in [0.2, 0.25) is 0 Å². The number of hydrogen-bond acceptors (Lipinski definition) is 3. The lowest BCUT2D eigenvalue weighted by Gasteiger charge is -2.18.